The standard InChI is InChI=1S/C15H18N2O/c1-15(2)9-3-4-13(15)14(18)17-12-7-5-11(10-16)6-8-12/h5-8,13H,3-4,9H2,1-2H3,(H,17,18). The van der Waals surface area contributed by atoms with Crippen molar-refractivity contribution in [1.29, 1.82) is 5.26 Å². The number of benzene rings is 1. The van der Waals surface area contributed by atoms with Gasteiger partial charge in [0.1, 0.15) is 0 Å². The van der Waals surface area contributed by atoms with Gasteiger partial charge >= 0.3 is 0 Å². The van der Waals surface area contributed by atoms with Crippen molar-refractivity contribution in [3.63, 3.8) is 0 Å². The summed E-state index contributed by atoms with van der Waals surface area (Å²) in [6.07, 6.45) is 3.20. The Bertz CT molecular complexity index is 482. The molecule has 0 heterocycles. The Balaban J connectivity index is 2.05. The van der Waals surface area contributed by atoms with Crippen LogP contribution in [0.25, 0.3) is 0 Å². The first-order valence-electron chi connectivity index (χ1n) is 6.34. The van der Waals surface area contributed by atoms with Gasteiger partial charge in [-0.1, -0.05) is 20.3 Å². The molecule has 1 aromatic carbocycles. The third kappa shape index (κ3) is 2.53. The quantitative estimate of drug-likeness (QED) is 0.864. The molecular weight excluding hydrogens is 224 g/mol. The van der Waals surface area contributed by atoms with Gasteiger partial charge in [0.2, 0.25) is 5.91 Å². The molecule has 0 aliphatic heterocycles. The van der Waals surface area contributed by atoms with Gasteiger partial charge in [0.15, 0.2) is 0 Å². The first kappa shape index (κ1) is 12.6. The lowest BCUT2D eigenvalue weighted by Crippen LogP contribution is -2.30. The van der Waals surface area contributed by atoms with Crippen LogP contribution in [0.1, 0.15) is 38.7 Å². The van der Waals surface area contributed by atoms with Gasteiger partial charge in [0.25, 0.3) is 0 Å². The molecule has 0 aromatic heterocycles. The van der Waals surface area contributed by atoms with Crippen molar-refractivity contribution in [2.45, 2.75) is 33.1 Å². The fourth-order valence-electron chi connectivity index (χ4n) is 2.67. The first-order chi connectivity index (χ1) is 8.53. The Morgan fingerprint density at radius 3 is 2.56 bits per heavy atom. The molecule has 1 aliphatic rings. The van der Waals surface area contributed by atoms with E-state index in [1.54, 1.807) is 24.3 Å². The first-order valence-corrected chi connectivity index (χ1v) is 6.34. The molecule has 1 aromatic rings. The van der Waals surface area contributed by atoms with Crippen molar-refractivity contribution in [2.24, 2.45) is 11.3 Å². The maximum atomic E-state index is 12.2. The minimum atomic E-state index is 0.0909. The third-order valence-electron chi connectivity index (χ3n) is 3.86. The van der Waals surface area contributed by atoms with Crippen molar-refractivity contribution >= 4 is 11.6 Å². The molecule has 1 unspecified atom stereocenters. The fraction of sp³-hybridized carbons (Fsp3) is 0.467. The van der Waals surface area contributed by atoms with Crippen LogP contribution in [0.5, 0.6) is 0 Å². The number of carbonyl (C=O) groups excluding carboxylic acids is 1. The number of nitrogens with one attached hydrogen (secondary N) is 1. The molecule has 0 bridgehead atoms. The van der Waals surface area contributed by atoms with Gasteiger partial charge < -0.3 is 5.32 Å². The summed E-state index contributed by atoms with van der Waals surface area (Å²) in [6.45, 7) is 4.31. The molecule has 3 heteroatoms. The molecule has 0 spiro atoms. The fourth-order valence-corrected chi connectivity index (χ4v) is 2.67. The van der Waals surface area contributed by atoms with Crippen LogP contribution < -0.4 is 5.32 Å². The van der Waals surface area contributed by atoms with Crippen LogP contribution in [0.2, 0.25) is 0 Å². The SMILES string of the molecule is CC1(C)CCCC1C(=O)Nc1ccc(C#N)cc1. The molecule has 1 N–H and O–H groups in total. The van der Waals surface area contributed by atoms with Crippen LogP contribution in [-0.4, -0.2) is 5.91 Å². The van der Waals surface area contributed by atoms with E-state index in [4.69, 9.17) is 5.26 Å². The van der Waals surface area contributed by atoms with Gasteiger partial charge in [-0.3, -0.25) is 4.79 Å². The molecule has 94 valence electrons. The van der Waals surface area contributed by atoms with Crippen LogP contribution in [0.15, 0.2) is 24.3 Å². The molecule has 0 saturated heterocycles. The molecule has 18 heavy (non-hydrogen) atoms. The highest BCUT2D eigenvalue weighted by molar-refractivity contribution is 5.93. The second-order valence-corrected chi connectivity index (χ2v) is 5.61. The second kappa shape index (κ2) is 4.81. The average molecular weight is 242 g/mol. The van der Waals surface area contributed by atoms with Gasteiger partial charge in [-0.25, -0.2) is 0 Å². The number of nitriles is 1. The molecule has 2 rings (SSSR count). The van der Waals surface area contributed by atoms with Crippen LogP contribution in [0, 0.1) is 22.7 Å². The van der Waals surface area contributed by atoms with E-state index in [0.717, 1.165) is 24.9 Å². The average Bonchev–Trinajstić information content (AvgIpc) is 2.70. The van der Waals surface area contributed by atoms with Gasteiger partial charge in [0.05, 0.1) is 11.6 Å². The van der Waals surface area contributed by atoms with E-state index in [2.05, 4.69) is 25.2 Å². The van der Waals surface area contributed by atoms with E-state index >= 15 is 0 Å². The number of hydrogen-bond acceptors (Lipinski definition) is 2. The summed E-state index contributed by atoms with van der Waals surface area (Å²) in [5.74, 6) is 0.190. The Morgan fingerprint density at radius 2 is 2.06 bits per heavy atom. The molecule has 1 aliphatic carbocycles. The lowest BCUT2D eigenvalue weighted by molar-refractivity contribution is -0.122. The zero-order chi connectivity index (χ0) is 13.2. The van der Waals surface area contributed by atoms with E-state index in [9.17, 15) is 4.79 Å². The smallest absolute Gasteiger partial charge is 0.228 e. The molecule has 1 saturated carbocycles. The summed E-state index contributed by atoms with van der Waals surface area (Å²) in [5, 5.41) is 11.7. The minimum Gasteiger partial charge on any atom is -0.326 e. The second-order valence-electron chi connectivity index (χ2n) is 5.61. The number of anilines is 1. The van der Waals surface area contributed by atoms with Crippen molar-refractivity contribution in [3.05, 3.63) is 29.8 Å². The van der Waals surface area contributed by atoms with Crippen LogP contribution in [-0.2, 0) is 4.79 Å². The Hall–Kier alpha value is -1.82. The number of nitrogens with zero attached hydrogens (tertiary/aromatic N) is 1. The Labute approximate surface area is 108 Å². The summed E-state index contributed by atoms with van der Waals surface area (Å²) in [5.41, 5.74) is 1.47. The zero-order valence-corrected chi connectivity index (χ0v) is 10.9. The summed E-state index contributed by atoms with van der Waals surface area (Å²) in [4.78, 5) is 12.2. The highest BCUT2D eigenvalue weighted by Crippen LogP contribution is 2.42. The van der Waals surface area contributed by atoms with E-state index in [1.165, 1.54) is 0 Å². The minimum absolute atomic E-state index is 0.0909. The normalized spacial score (nSPS) is 21.3. The topological polar surface area (TPSA) is 52.9 Å². The molecular formula is C15H18N2O. The van der Waals surface area contributed by atoms with Crippen molar-refractivity contribution in [2.75, 3.05) is 5.32 Å². The van der Waals surface area contributed by atoms with Crippen molar-refractivity contribution in [1.82, 2.24) is 0 Å². The molecule has 3 nitrogen and oxygen atoms in total. The number of rotatable bonds is 2. The monoisotopic (exact) mass is 242 g/mol. The molecule has 1 amide bonds. The van der Waals surface area contributed by atoms with E-state index in [0.29, 0.717) is 5.56 Å². The maximum absolute atomic E-state index is 12.2. The van der Waals surface area contributed by atoms with Crippen molar-refractivity contribution in [3.8, 4) is 6.07 Å². The Morgan fingerprint density at radius 1 is 1.39 bits per heavy atom. The van der Waals surface area contributed by atoms with E-state index in [1.807, 2.05) is 0 Å². The number of carbonyl (C=O) groups is 1. The predicted molar refractivity (Wildman–Crippen MR) is 70.9 cm³/mol. The Kier molecular flexibility index (Phi) is 3.38. The number of hydrogen-bond donors (Lipinski definition) is 1. The highest BCUT2D eigenvalue weighted by atomic mass is 16.1. The summed E-state index contributed by atoms with van der Waals surface area (Å²) >= 11 is 0. The van der Waals surface area contributed by atoms with Crippen LogP contribution >= 0.6 is 0 Å². The third-order valence-corrected chi connectivity index (χ3v) is 3.86. The molecule has 1 atom stereocenters. The lowest BCUT2D eigenvalue weighted by Gasteiger charge is -2.25. The lowest BCUT2D eigenvalue weighted by atomic mass is 9.81. The van der Waals surface area contributed by atoms with Gasteiger partial charge in [-0.05, 0) is 42.5 Å². The molecule has 1 fully saturated rings. The van der Waals surface area contributed by atoms with Gasteiger partial charge in [-0.15, -0.1) is 0 Å². The summed E-state index contributed by atoms with van der Waals surface area (Å²) in [7, 11) is 0. The zero-order valence-electron chi connectivity index (χ0n) is 10.9. The van der Waals surface area contributed by atoms with Gasteiger partial charge in [0, 0.05) is 11.6 Å². The van der Waals surface area contributed by atoms with Crippen LogP contribution in [0.3, 0.4) is 0 Å². The van der Waals surface area contributed by atoms with Crippen molar-refractivity contribution < 1.29 is 4.79 Å². The highest BCUT2D eigenvalue weighted by Gasteiger charge is 2.39. The van der Waals surface area contributed by atoms with Gasteiger partial charge in [-0.2, -0.15) is 5.26 Å². The summed E-state index contributed by atoms with van der Waals surface area (Å²) in [6, 6.07) is 9.05. The van der Waals surface area contributed by atoms with Crippen LogP contribution in [0.4, 0.5) is 5.69 Å². The molecule has 0 radical (unpaired) electrons. The van der Waals surface area contributed by atoms with E-state index in [-0.39, 0.29) is 17.2 Å². The largest absolute Gasteiger partial charge is 0.326 e. The maximum Gasteiger partial charge on any atom is 0.228 e. The number of amides is 1. The van der Waals surface area contributed by atoms with E-state index < -0.39 is 0 Å². The summed E-state index contributed by atoms with van der Waals surface area (Å²) < 4.78 is 0. The predicted octanol–water partition coefficient (Wildman–Crippen LogP) is 3.32.